The molecule has 0 radical (unpaired) electrons. The van der Waals surface area contributed by atoms with Crippen LogP contribution in [-0.4, -0.2) is 30.1 Å². The molecule has 0 aliphatic carbocycles. The molecule has 2 N–H and O–H groups in total. The molecule has 7 nitrogen and oxygen atoms in total. The molecule has 0 saturated heterocycles. The van der Waals surface area contributed by atoms with Crippen LogP contribution >= 0.6 is 11.6 Å². The van der Waals surface area contributed by atoms with E-state index < -0.39 is 11.5 Å². The highest BCUT2D eigenvalue weighted by molar-refractivity contribution is 6.33. The number of hydrogen-bond donors (Lipinski definition) is 2. The summed E-state index contributed by atoms with van der Waals surface area (Å²) in [5.41, 5.74) is 0.324. The molecule has 0 atom stereocenters. The number of rotatable bonds is 4. The summed E-state index contributed by atoms with van der Waals surface area (Å²) in [5.74, 6) is 0.392. The SMILES string of the molecule is COc1cc2cc(C(=O)Nc3ccncc3Cl)c(=O)[nH]c2cc1OC. The Kier molecular flexibility index (Phi) is 4.58. The van der Waals surface area contributed by atoms with Crippen molar-refractivity contribution in [2.45, 2.75) is 0 Å². The van der Waals surface area contributed by atoms with E-state index in [-0.39, 0.29) is 10.6 Å². The maximum atomic E-state index is 12.4. The summed E-state index contributed by atoms with van der Waals surface area (Å²) in [4.78, 5) is 31.2. The van der Waals surface area contributed by atoms with Gasteiger partial charge in [-0.1, -0.05) is 11.6 Å². The van der Waals surface area contributed by atoms with Crippen LogP contribution in [0.5, 0.6) is 11.5 Å². The van der Waals surface area contributed by atoms with E-state index in [4.69, 9.17) is 21.1 Å². The maximum Gasteiger partial charge on any atom is 0.261 e. The molecule has 8 heteroatoms. The van der Waals surface area contributed by atoms with Gasteiger partial charge in [0.1, 0.15) is 5.56 Å². The van der Waals surface area contributed by atoms with Gasteiger partial charge >= 0.3 is 0 Å². The standard InChI is InChI=1S/C17H14ClN3O4/c1-24-14-6-9-5-10(17(23)21-13(9)7-15(14)25-2)16(22)20-12-3-4-19-8-11(12)18/h3-8H,1-2H3,(H,21,23)(H,19,20,22). The van der Waals surface area contributed by atoms with Crippen molar-refractivity contribution < 1.29 is 14.3 Å². The summed E-state index contributed by atoms with van der Waals surface area (Å²) in [7, 11) is 3.01. The molecule has 0 fully saturated rings. The van der Waals surface area contributed by atoms with Crippen LogP contribution in [-0.2, 0) is 0 Å². The first-order valence-electron chi connectivity index (χ1n) is 7.23. The van der Waals surface area contributed by atoms with Crippen molar-refractivity contribution in [2.24, 2.45) is 0 Å². The fraction of sp³-hybridized carbons (Fsp3) is 0.118. The van der Waals surface area contributed by atoms with Crippen molar-refractivity contribution in [1.82, 2.24) is 9.97 Å². The van der Waals surface area contributed by atoms with E-state index in [1.165, 1.54) is 32.7 Å². The summed E-state index contributed by atoms with van der Waals surface area (Å²) in [6.45, 7) is 0. The van der Waals surface area contributed by atoms with Gasteiger partial charge in [0, 0.05) is 23.8 Å². The summed E-state index contributed by atoms with van der Waals surface area (Å²) in [5, 5.41) is 3.50. The van der Waals surface area contributed by atoms with Gasteiger partial charge in [0.25, 0.3) is 11.5 Å². The number of pyridine rings is 2. The molecule has 25 heavy (non-hydrogen) atoms. The van der Waals surface area contributed by atoms with Crippen molar-refractivity contribution in [3.05, 3.63) is 57.6 Å². The first kappa shape index (κ1) is 16.8. The van der Waals surface area contributed by atoms with Gasteiger partial charge in [-0.15, -0.1) is 0 Å². The number of aromatic amines is 1. The molecule has 0 aliphatic rings. The van der Waals surface area contributed by atoms with E-state index in [0.29, 0.717) is 28.1 Å². The highest BCUT2D eigenvalue weighted by Gasteiger charge is 2.15. The van der Waals surface area contributed by atoms with Crippen LogP contribution < -0.4 is 20.3 Å². The first-order chi connectivity index (χ1) is 12.0. The van der Waals surface area contributed by atoms with Crippen molar-refractivity contribution in [1.29, 1.82) is 0 Å². The molecule has 2 aromatic heterocycles. The normalized spacial score (nSPS) is 10.5. The lowest BCUT2D eigenvalue weighted by molar-refractivity contribution is 0.102. The quantitative estimate of drug-likeness (QED) is 0.747. The number of amides is 1. The number of aromatic nitrogens is 2. The Labute approximate surface area is 147 Å². The van der Waals surface area contributed by atoms with Gasteiger partial charge < -0.3 is 19.8 Å². The second kappa shape index (κ2) is 6.82. The monoisotopic (exact) mass is 359 g/mol. The van der Waals surface area contributed by atoms with Crippen molar-refractivity contribution in [3.8, 4) is 11.5 Å². The van der Waals surface area contributed by atoms with E-state index >= 15 is 0 Å². The van der Waals surface area contributed by atoms with Crippen LogP contribution in [0.1, 0.15) is 10.4 Å². The predicted octanol–water partition coefficient (Wildman–Crippen LogP) is 2.85. The third-order valence-corrected chi connectivity index (χ3v) is 3.91. The molecule has 1 aromatic carbocycles. The first-order valence-corrected chi connectivity index (χ1v) is 7.61. The number of halogens is 1. The van der Waals surface area contributed by atoms with Crippen LogP contribution in [0.4, 0.5) is 5.69 Å². The number of nitrogens with one attached hydrogen (secondary N) is 2. The molecule has 0 spiro atoms. The van der Waals surface area contributed by atoms with Gasteiger partial charge in [-0.3, -0.25) is 14.6 Å². The van der Waals surface area contributed by atoms with Gasteiger partial charge in [0.15, 0.2) is 11.5 Å². The van der Waals surface area contributed by atoms with E-state index in [0.717, 1.165) is 0 Å². The molecular weight excluding hydrogens is 346 g/mol. The second-order valence-corrected chi connectivity index (χ2v) is 5.52. The molecule has 3 rings (SSSR count). The molecule has 2 heterocycles. The number of benzene rings is 1. The Morgan fingerprint density at radius 2 is 1.92 bits per heavy atom. The number of H-pyrrole nitrogens is 1. The Bertz CT molecular complexity index is 1020. The van der Waals surface area contributed by atoms with Gasteiger partial charge in [0.2, 0.25) is 0 Å². The van der Waals surface area contributed by atoms with Crippen LogP contribution in [0, 0.1) is 0 Å². The minimum absolute atomic E-state index is 0.0485. The summed E-state index contributed by atoms with van der Waals surface area (Å²) < 4.78 is 10.5. The number of fused-ring (bicyclic) bond motifs is 1. The molecule has 0 aliphatic heterocycles. The van der Waals surface area contributed by atoms with Crippen LogP contribution in [0.15, 0.2) is 41.5 Å². The van der Waals surface area contributed by atoms with Crippen LogP contribution in [0.25, 0.3) is 10.9 Å². The fourth-order valence-electron chi connectivity index (χ4n) is 2.37. The average molecular weight is 360 g/mol. The highest BCUT2D eigenvalue weighted by atomic mass is 35.5. The lowest BCUT2D eigenvalue weighted by atomic mass is 10.1. The van der Waals surface area contributed by atoms with Gasteiger partial charge in [-0.05, 0) is 18.2 Å². The number of carbonyl (C=O) groups excluding carboxylic acids is 1. The Morgan fingerprint density at radius 1 is 1.20 bits per heavy atom. The number of hydrogen-bond acceptors (Lipinski definition) is 5. The zero-order valence-electron chi connectivity index (χ0n) is 13.4. The zero-order valence-corrected chi connectivity index (χ0v) is 14.2. The smallest absolute Gasteiger partial charge is 0.261 e. The molecule has 0 unspecified atom stereocenters. The second-order valence-electron chi connectivity index (χ2n) is 5.12. The molecule has 0 saturated carbocycles. The van der Waals surface area contributed by atoms with Crippen LogP contribution in [0.3, 0.4) is 0 Å². The van der Waals surface area contributed by atoms with E-state index in [1.54, 1.807) is 18.2 Å². The number of methoxy groups -OCH3 is 2. The molecular formula is C17H14ClN3O4. The number of anilines is 1. The minimum atomic E-state index is -0.578. The largest absolute Gasteiger partial charge is 0.493 e. The lowest BCUT2D eigenvalue weighted by Gasteiger charge is -2.10. The summed E-state index contributed by atoms with van der Waals surface area (Å²) in [6.07, 6.45) is 2.89. The molecule has 0 bridgehead atoms. The van der Waals surface area contributed by atoms with Gasteiger partial charge in [-0.2, -0.15) is 0 Å². The Morgan fingerprint density at radius 3 is 2.60 bits per heavy atom. The van der Waals surface area contributed by atoms with Crippen molar-refractivity contribution >= 4 is 34.1 Å². The summed E-state index contributed by atoms with van der Waals surface area (Å²) >= 11 is 5.97. The molecule has 1 amide bonds. The predicted molar refractivity (Wildman–Crippen MR) is 94.9 cm³/mol. The zero-order chi connectivity index (χ0) is 18.0. The van der Waals surface area contributed by atoms with E-state index in [2.05, 4.69) is 15.3 Å². The van der Waals surface area contributed by atoms with Crippen molar-refractivity contribution in [2.75, 3.05) is 19.5 Å². The number of ether oxygens (including phenoxy) is 2. The van der Waals surface area contributed by atoms with Crippen LogP contribution in [0.2, 0.25) is 5.02 Å². The van der Waals surface area contributed by atoms with Gasteiger partial charge in [-0.25, -0.2) is 0 Å². The lowest BCUT2D eigenvalue weighted by Crippen LogP contribution is -2.23. The average Bonchev–Trinajstić information content (AvgIpc) is 2.61. The maximum absolute atomic E-state index is 12.4. The minimum Gasteiger partial charge on any atom is -0.493 e. The fourth-order valence-corrected chi connectivity index (χ4v) is 2.53. The Balaban J connectivity index is 2.04. The molecule has 128 valence electrons. The van der Waals surface area contributed by atoms with E-state index in [9.17, 15) is 9.59 Å². The topological polar surface area (TPSA) is 93.3 Å². The third-order valence-electron chi connectivity index (χ3n) is 3.61. The molecule has 3 aromatic rings. The summed E-state index contributed by atoms with van der Waals surface area (Å²) in [6, 6.07) is 6.35. The Hall–Kier alpha value is -3.06. The van der Waals surface area contributed by atoms with Gasteiger partial charge in [0.05, 0.1) is 30.4 Å². The highest BCUT2D eigenvalue weighted by Crippen LogP contribution is 2.31. The third kappa shape index (κ3) is 3.27. The van der Waals surface area contributed by atoms with E-state index in [1.807, 2.05) is 0 Å². The number of nitrogens with zero attached hydrogens (tertiary/aromatic N) is 1. The van der Waals surface area contributed by atoms with Crippen molar-refractivity contribution in [3.63, 3.8) is 0 Å². The number of carbonyl (C=O) groups is 1.